The lowest BCUT2D eigenvalue weighted by Crippen LogP contribution is -2.27. The third kappa shape index (κ3) is 3.76. The summed E-state index contributed by atoms with van der Waals surface area (Å²) in [5.41, 5.74) is 1.57. The summed E-state index contributed by atoms with van der Waals surface area (Å²) in [7, 11) is 0. The van der Waals surface area contributed by atoms with Crippen molar-refractivity contribution in [1.29, 1.82) is 0 Å². The minimum absolute atomic E-state index is 0.146. The summed E-state index contributed by atoms with van der Waals surface area (Å²) >= 11 is 6.45. The maximum absolute atomic E-state index is 12.3. The van der Waals surface area contributed by atoms with Crippen LogP contribution in [0.5, 0.6) is 5.75 Å². The number of phenolic OH excluding ortho intramolecular Hbond substituents is 1. The molecule has 122 valence electrons. The fourth-order valence-corrected chi connectivity index (χ4v) is 3.63. The lowest BCUT2D eigenvalue weighted by atomic mass is 10.1. The lowest BCUT2D eigenvalue weighted by molar-refractivity contribution is -0.121. The molecule has 0 spiro atoms. The van der Waals surface area contributed by atoms with Gasteiger partial charge in [0.1, 0.15) is 10.1 Å². The number of carbonyl (C=O) groups excluding carboxylic acids is 1. The van der Waals surface area contributed by atoms with Gasteiger partial charge in [0.05, 0.1) is 4.91 Å². The average Bonchev–Trinajstić information content (AvgIpc) is 2.79. The molecule has 1 aliphatic heterocycles. The van der Waals surface area contributed by atoms with Gasteiger partial charge in [0.15, 0.2) is 0 Å². The van der Waals surface area contributed by atoms with E-state index in [1.807, 2.05) is 12.1 Å². The van der Waals surface area contributed by atoms with Gasteiger partial charge in [0.2, 0.25) is 0 Å². The van der Waals surface area contributed by atoms with Crippen LogP contribution in [0.4, 0.5) is 5.69 Å². The van der Waals surface area contributed by atoms with Crippen molar-refractivity contribution in [3.63, 3.8) is 0 Å². The first-order valence-electron chi connectivity index (χ1n) is 7.46. The SMILES string of the molecule is C=CCN1C(=O)/C(=C\c2ccc(N(CC)CC)cc2O)SC1=S. The quantitative estimate of drug-likeness (QED) is 0.483. The Labute approximate surface area is 146 Å². The Kier molecular flexibility index (Phi) is 5.85. The molecule has 1 aromatic carbocycles. The van der Waals surface area contributed by atoms with Gasteiger partial charge >= 0.3 is 0 Å². The van der Waals surface area contributed by atoms with Crippen LogP contribution < -0.4 is 4.90 Å². The molecule has 6 heteroatoms. The molecule has 0 unspecified atom stereocenters. The Morgan fingerprint density at radius 2 is 2.09 bits per heavy atom. The van der Waals surface area contributed by atoms with Crippen LogP contribution in [0, 0.1) is 0 Å². The van der Waals surface area contributed by atoms with Crippen molar-refractivity contribution in [3.05, 3.63) is 41.3 Å². The van der Waals surface area contributed by atoms with Crippen LogP contribution in [0.2, 0.25) is 0 Å². The zero-order valence-electron chi connectivity index (χ0n) is 13.3. The first-order chi connectivity index (χ1) is 11.0. The second kappa shape index (κ2) is 7.66. The van der Waals surface area contributed by atoms with E-state index in [-0.39, 0.29) is 11.7 Å². The van der Waals surface area contributed by atoms with Crippen molar-refractivity contribution in [2.24, 2.45) is 0 Å². The van der Waals surface area contributed by atoms with Crippen molar-refractivity contribution >= 4 is 46.0 Å². The number of aromatic hydroxyl groups is 1. The van der Waals surface area contributed by atoms with Crippen LogP contribution in [0.15, 0.2) is 35.8 Å². The third-order valence-electron chi connectivity index (χ3n) is 3.61. The molecule has 1 aromatic rings. The standard InChI is InChI=1S/C17H20N2O2S2/c1-4-9-19-16(21)15(23-17(19)22)10-12-7-8-13(11-14(12)20)18(5-2)6-3/h4,7-8,10-11,20H,1,5-6,9H2,2-3H3/b15-10+. The summed E-state index contributed by atoms with van der Waals surface area (Å²) in [6.45, 7) is 9.91. The van der Waals surface area contributed by atoms with Crippen LogP contribution in [-0.2, 0) is 4.79 Å². The Morgan fingerprint density at radius 3 is 2.65 bits per heavy atom. The summed E-state index contributed by atoms with van der Waals surface area (Å²) in [5.74, 6) is 0.00973. The number of nitrogens with zero attached hydrogens (tertiary/aromatic N) is 2. The van der Waals surface area contributed by atoms with Crippen molar-refractivity contribution < 1.29 is 9.90 Å². The smallest absolute Gasteiger partial charge is 0.266 e. The highest BCUT2D eigenvalue weighted by molar-refractivity contribution is 8.26. The second-order valence-corrected chi connectivity index (χ2v) is 6.67. The van der Waals surface area contributed by atoms with Gasteiger partial charge in [-0.3, -0.25) is 9.69 Å². The minimum atomic E-state index is -0.146. The van der Waals surface area contributed by atoms with E-state index in [2.05, 4.69) is 25.3 Å². The molecule has 2 rings (SSSR count). The monoisotopic (exact) mass is 348 g/mol. The van der Waals surface area contributed by atoms with Crippen molar-refractivity contribution in [2.45, 2.75) is 13.8 Å². The van der Waals surface area contributed by atoms with Crippen LogP contribution >= 0.6 is 24.0 Å². The average molecular weight is 348 g/mol. The predicted octanol–water partition coefficient (Wildman–Crippen LogP) is 3.63. The maximum atomic E-state index is 12.3. The fraction of sp³-hybridized carbons (Fsp3) is 0.294. The number of carbonyl (C=O) groups is 1. The van der Waals surface area contributed by atoms with Gasteiger partial charge in [0.25, 0.3) is 5.91 Å². The van der Waals surface area contributed by atoms with Crippen molar-refractivity contribution in [2.75, 3.05) is 24.5 Å². The van der Waals surface area contributed by atoms with Gasteiger partial charge in [0, 0.05) is 37.0 Å². The summed E-state index contributed by atoms with van der Waals surface area (Å²) < 4.78 is 0.514. The Morgan fingerprint density at radius 1 is 1.39 bits per heavy atom. The molecule has 1 saturated heterocycles. The van der Waals surface area contributed by atoms with E-state index in [0.717, 1.165) is 18.8 Å². The number of benzene rings is 1. The number of hydrogen-bond acceptors (Lipinski definition) is 5. The summed E-state index contributed by atoms with van der Waals surface area (Å²) in [6, 6.07) is 5.50. The van der Waals surface area contributed by atoms with E-state index in [4.69, 9.17) is 12.2 Å². The van der Waals surface area contributed by atoms with Gasteiger partial charge in [-0.05, 0) is 32.1 Å². The molecular formula is C17H20N2O2S2. The van der Waals surface area contributed by atoms with Gasteiger partial charge < -0.3 is 10.0 Å². The molecule has 0 aromatic heterocycles. The highest BCUT2D eigenvalue weighted by atomic mass is 32.2. The molecule has 0 atom stereocenters. The number of phenols is 1. The van der Waals surface area contributed by atoms with Crippen LogP contribution in [-0.4, -0.2) is 39.9 Å². The zero-order valence-corrected chi connectivity index (χ0v) is 14.9. The van der Waals surface area contributed by atoms with E-state index < -0.39 is 0 Å². The highest BCUT2D eigenvalue weighted by Gasteiger charge is 2.31. The molecule has 0 saturated carbocycles. The molecule has 23 heavy (non-hydrogen) atoms. The first-order valence-corrected chi connectivity index (χ1v) is 8.68. The third-order valence-corrected chi connectivity index (χ3v) is 4.99. The predicted molar refractivity (Wildman–Crippen MR) is 102 cm³/mol. The largest absolute Gasteiger partial charge is 0.507 e. The molecule has 1 fully saturated rings. The summed E-state index contributed by atoms with van der Waals surface area (Å²) in [5, 5.41) is 10.3. The van der Waals surface area contributed by atoms with E-state index in [1.165, 1.54) is 16.7 Å². The van der Waals surface area contributed by atoms with Gasteiger partial charge in [-0.1, -0.05) is 30.1 Å². The van der Waals surface area contributed by atoms with E-state index in [9.17, 15) is 9.90 Å². The minimum Gasteiger partial charge on any atom is -0.507 e. The first kappa shape index (κ1) is 17.6. The molecule has 4 nitrogen and oxygen atoms in total. The zero-order chi connectivity index (χ0) is 17.0. The Balaban J connectivity index is 2.28. The van der Waals surface area contributed by atoms with Gasteiger partial charge in [-0.25, -0.2) is 0 Å². The second-order valence-electron chi connectivity index (χ2n) is 5.00. The number of thioether (sulfide) groups is 1. The van der Waals surface area contributed by atoms with Gasteiger partial charge in [-0.2, -0.15) is 0 Å². The molecule has 0 radical (unpaired) electrons. The van der Waals surface area contributed by atoms with E-state index >= 15 is 0 Å². The lowest BCUT2D eigenvalue weighted by Gasteiger charge is -2.21. The van der Waals surface area contributed by atoms with Crippen LogP contribution in [0.3, 0.4) is 0 Å². The van der Waals surface area contributed by atoms with Crippen molar-refractivity contribution in [3.8, 4) is 5.75 Å². The topological polar surface area (TPSA) is 43.8 Å². The highest BCUT2D eigenvalue weighted by Crippen LogP contribution is 2.34. The van der Waals surface area contributed by atoms with Crippen molar-refractivity contribution in [1.82, 2.24) is 4.90 Å². The number of amides is 1. The van der Waals surface area contributed by atoms with Crippen LogP contribution in [0.25, 0.3) is 6.08 Å². The number of thiocarbonyl (C=S) groups is 1. The molecule has 0 bridgehead atoms. The molecule has 0 aliphatic carbocycles. The molecule has 1 heterocycles. The summed E-state index contributed by atoms with van der Waals surface area (Å²) in [4.78, 5) is 16.5. The number of rotatable bonds is 6. The molecule has 1 aliphatic rings. The molecular weight excluding hydrogens is 328 g/mol. The molecule has 1 N–H and O–H groups in total. The summed E-state index contributed by atoms with van der Waals surface area (Å²) in [6.07, 6.45) is 3.33. The Bertz CT molecular complexity index is 667. The number of hydrogen-bond donors (Lipinski definition) is 1. The normalized spacial score (nSPS) is 16.3. The van der Waals surface area contributed by atoms with Gasteiger partial charge in [-0.15, -0.1) is 6.58 Å². The van der Waals surface area contributed by atoms with Crippen LogP contribution in [0.1, 0.15) is 19.4 Å². The van der Waals surface area contributed by atoms with E-state index in [0.29, 0.717) is 21.3 Å². The molecule has 1 amide bonds. The van der Waals surface area contributed by atoms with E-state index in [1.54, 1.807) is 18.2 Å². The number of anilines is 1. The maximum Gasteiger partial charge on any atom is 0.266 e. The fourth-order valence-electron chi connectivity index (χ4n) is 2.37. The Hall–Kier alpha value is -1.79.